The first-order chi connectivity index (χ1) is 16.2. The fraction of sp³-hybridized carbons (Fsp3) is 0.286. The maximum Gasteiger partial charge on any atom is 0.307 e. The van der Waals surface area contributed by atoms with Gasteiger partial charge in [-0.2, -0.15) is 0 Å². The Morgan fingerprint density at radius 2 is 1.91 bits per heavy atom. The van der Waals surface area contributed by atoms with E-state index < -0.39 is 11.6 Å². The fourth-order valence-electron chi connectivity index (χ4n) is 4.32. The molecule has 1 aliphatic rings. The van der Waals surface area contributed by atoms with Crippen molar-refractivity contribution < 1.29 is 19.7 Å². The lowest BCUT2D eigenvalue weighted by molar-refractivity contribution is -0.136. The average Bonchev–Trinajstić information content (AvgIpc) is 2.80. The highest BCUT2D eigenvalue weighted by Gasteiger charge is 2.21. The van der Waals surface area contributed by atoms with Gasteiger partial charge < -0.3 is 14.9 Å². The molecule has 0 amide bonds. The second-order valence-electron chi connectivity index (χ2n) is 9.19. The van der Waals surface area contributed by atoms with Crippen LogP contribution >= 0.6 is 11.6 Å². The van der Waals surface area contributed by atoms with Gasteiger partial charge in [-0.25, -0.2) is 0 Å². The number of aryl methyl sites for hydroxylation is 1. The number of nitrogens with zero attached hydrogens (tertiary/aromatic N) is 1. The highest BCUT2D eigenvalue weighted by molar-refractivity contribution is 6.18. The second kappa shape index (κ2) is 9.61. The van der Waals surface area contributed by atoms with Crippen molar-refractivity contribution in [3.05, 3.63) is 71.4 Å². The van der Waals surface area contributed by atoms with Gasteiger partial charge in [-0.15, -0.1) is 11.6 Å². The Balaban J connectivity index is 0.000000408. The first kappa shape index (κ1) is 24.0. The van der Waals surface area contributed by atoms with Crippen LogP contribution in [0.5, 0.6) is 5.75 Å². The Hall–Kier alpha value is -3.15. The number of ether oxygens (including phenoxy) is 1. The fourth-order valence-corrected chi connectivity index (χ4v) is 4.32. The van der Waals surface area contributed by atoms with Gasteiger partial charge in [0.15, 0.2) is 0 Å². The van der Waals surface area contributed by atoms with Crippen LogP contribution in [0.4, 0.5) is 0 Å². The molecule has 0 radical (unpaired) electrons. The van der Waals surface area contributed by atoms with Gasteiger partial charge in [0.05, 0.1) is 30.0 Å². The van der Waals surface area contributed by atoms with Crippen LogP contribution in [0, 0.1) is 6.92 Å². The Morgan fingerprint density at radius 1 is 1.18 bits per heavy atom. The highest BCUT2D eigenvalue weighted by Crippen LogP contribution is 2.42. The largest absolute Gasteiger partial charge is 0.493 e. The average molecular weight is 478 g/mol. The minimum atomic E-state index is -0.835. The van der Waals surface area contributed by atoms with E-state index in [-0.39, 0.29) is 6.42 Å². The number of carbonyl (C=O) groups is 1. The van der Waals surface area contributed by atoms with E-state index in [4.69, 9.17) is 26.4 Å². The summed E-state index contributed by atoms with van der Waals surface area (Å²) in [6.07, 6.45) is 2.67. The number of carboxylic acids is 1. The van der Waals surface area contributed by atoms with E-state index in [0.29, 0.717) is 12.5 Å². The Bertz CT molecular complexity index is 1360. The van der Waals surface area contributed by atoms with Crippen LogP contribution in [0.1, 0.15) is 30.5 Å². The van der Waals surface area contributed by atoms with Crippen molar-refractivity contribution >= 4 is 39.2 Å². The summed E-state index contributed by atoms with van der Waals surface area (Å²) in [5.41, 5.74) is 5.14. The monoisotopic (exact) mass is 477 g/mol. The number of benzene rings is 3. The van der Waals surface area contributed by atoms with Crippen LogP contribution in [0.3, 0.4) is 0 Å². The molecular weight excluding hydrogens is 450 g/mol. The van der Waals surface area contributed by atoms with Gasteiger partial charge in [-0.05, 0) is 72.0 Å². The van der Waals surface area contributed by atoms with Crippen molar-refractivity contribution in [1.82, 2.24) is 4.98 Å². The Kier molecular flexibility index (Phi) is 6.78. The van der Waals surface area contributed by atoms with Gasteiger partial charge in [0, 0.05) is 23.6 Å². The standard InChI is InChI=1S/C24H19NO3.C4H9ClO/c1-14-12-16-4-2-3-5-17(16)23(19(14)13-21(26)27)18-6-7-20-22-15(9-11-28-20)8-10-25-24(18)22;1-4(2,6)3-5/h2-8,10,12H,9,11,13H2,1H3,(H,26,27);6H,3H2,1-2H3. The van der Waals surface area contributed by atoms with Crippen molar-refractivity contribution in [3.63, 3.8) is 0 Å². The molecule has 3 aromatic carbocycles. The SMILES string of the molecule is CC(C)(O)CCl.Cc1cc2ccccc2c(-c2ccc3c4c(ccnc24)CCO3)c1CC(=O)O. The number of alkyl halides is 1. The minimum absolute atomic E-state index is 0.0224. The Labute approximate surface area is 204 Å². The van der Waals surface area contributed by atoms with Gasteiger partial charge in [0.2, 0.25) is 0 Å². The quantitative estimate of drug-likeness (QED) is 0.356. The maximum absolute atomic E-state index is 11.6. The van der Waals surface area contributed by atoms with Gasteiger partial charge in [0.1, 0.15) is 5.75 Å². The number of aromatic nitrogens is 1. The number of halogens is 1. The number of pyridine rings is 1. The van der Waals surface area contributed by atoms with Gasteiger partial charge in [-0.3, -0.25) is 9.78 Å². The van der Waals surface area contributed by atoms with Crippen molar-refractivity contribution in [2.24, 2.45) is 0 Å². The molecule has 2 heterocycles. The number of fused-ring (bicyclic) bond motifs is 1. The number of rotatable bonds is 4. The lowest BCUT2D eigenvalue weighted by Crippen LogP contribution is -2.19. The Morgan fingerprint density at radius 3 is 2.62 bits per heavy atom. The third-order valence-electron chi connectivity index (χ3n) is 5.87. The van der Waals surface area contributed by atoms with E-state index in [1.165, 1.54) is 5.56 Å². The smallest absolute Gasteiger partial charge is 0.307 e. The van der Waals surface area contributed by atoms with Crippen LogP contribution in [0.15, 0.2) is 54.7 Å². The predicted molar refractivity (Wildman–Crippen MR) is 137 cm³/mol. The number of aliphatic carboxylic acids is 1. The van der Waals surface area contributed by atoms with Gasteiger partial charge in [-0.1, -0.05) is 30.3 Å². The molecule has 0 saturated carbocycles. The summed E-state index contributed by atoms with van der Waals surface area (Å²) >= 11 is 5.23. The molecule has 0 unspecified atom stereocenters. The molecule has 0 aliphatic carbocycles. The van der Waals surface area contributed by atoms with Crippen LogP contribution in [0.25, 0.3) is 32.8 Å². The van der Waals surface area contributed by atoms with Crippen LogP contribution in [-0.4, -0.2) is 39.3 Å². The summed E-state index contributed by atoms with van der Waals surface area (Å²) in [5, 5.41) is 21.4. The minimum Gasteiger partial charge on any atom is -0.493 e. The molecule has 176 valence electrons. The third-order valence-corrected chi connectivity index (χ3v) is 6.53. The summed E-state index contributed by atoms with van der Waals surface area (Å²) in [6.45, 7) is 5.99. The predicted octanol–water partition coefficient (Wildman–Crippen LogP) is 5.92. The zero-order valence-corrected chi connectivity index (χ0v) is 20.3. The lowest BCUT2D eigenvalue weighted by atomic mass is 9.87. The molecule has 0 spiro atoms. The molecule has 0 fully saturated rings. The van der Waals surface area contributed by atoms with Crippen molar-refractivity contribution in [2.75, 3.05) is 12.5 Å². The third kappa shape index (κ3) is 4.86. The zero-order chi connectivity index (χ0) is 24.5. The van der Waals surface area contributed by atoms with Crippen molar-refractivity contribution in [2.45, 2.75) is 39.2 Å². The first-order valence-corrected chi connectivity index (χ1v) is 11.8. The van der Waals surface area contributed by atoms with E-state index in [2.05, 4.69) is 18.2 Å². The van der Waals surface area contributed by atoms with Crippen LogP contribution in [-0.2, 0) is 17.6 Å². The molecule has 34 heavy (non-hydrogen) atoms. The highest BCUT2D eigenvalue weighted by atomic mass is 35.5. The first-order valence-electron chi connectivity index (χ1n) is 11.2. The van der Waals surface area contributed by atoms with Crippen molar-refractivity contribution in [3.8, 4) is 16.9 Å². The molecule has 1 aliphatic heterocycles. The van der Waals surface area contributed by atoms with Gasteiger partial charge in [0.25, 0.3) is 0 Å². The normalized spacial score (nSPS) is 12.7. The molecular formula is C28H28ClNO4. The number of aliphatic hydroxyl groups is 1. The van der Waals surface area contributed by atoms with Gasteiger partial charge >= 0.3 is 5.97 Å². The summed E-state index contributed by atoms with van der Waals surface area (Å²) < 4.78 is 5.86. The summed E-state index contributed by atoms with van der Waals surface area (Å²) in [5.74, 6) is 0.316. The topological polar surface area (TPSA) is 79.7 Å². The number of hydrogen-bond donors (Lipinski definition) is 2. The molecule has 1 aromatic heterocycles. The maximum atomic E-state index is 11.6. The molecule has 0 saturated heterocycles. The lowest BCUT2D eigenvalue weighted by Gasteiger charge is -2.21. The summed E-state index contributed by atoms with van der Waals surface area (Å²) in [7, 11) is 0. The van der Waals surface area contributed by atoms with E-state index in [1.54, 1.807) is 13.8 Å². The molecule has 5 nitrogen and oxygen atoms in total. The van der Waals surface area contributed by atoms with E-state index in [0.717, 1.165) is 56.1 Å². The molecule has 0 bridgehead atoms. The van der Waals surface area contributed by atoms with E-state index in [9.17, 15) is 9.90 Å². The summed E-state index contributed by atoms with van der Waals surface area (Å²) in [4.78, 5) is 16.3. The molecule has 4 aromatic rings. The van der Waals surface area contributed by atoms with E-state index in [1.807, 2.05) is 43.5 Å². The van der Waals surface area contributed by atoms with Crippen molar-refractivity contribution in [1.29, 1.82) is 0 Å². The molecule has 2 N–H and O–H groups in total. The van der Waals surface area contributed by atoms with Crippen LogP contribution in [0.2, 0.25) is 0 Å². The zero-order valence-electron chi connectivity index (χ0n) is 19.6. The second-order valence-corrected chi connectivity index (χ2v) is 9.46. The molecule has 5 rings (SSSR count). The number of carboxylic acid groups (broad SMARTS) is 1. The summed E-state index contributed by atoms with van der Waals surface area (Å²) in [6, 6.07) is 16.2. The molecule has 0 atom stereocenters. The number of hydrogen-bond acceptors (Lipinski definition) is 4. The van der Waals surface area contributed by atoms with E-state index >= 15 is 0 Å². The van der Waals surface area contributed by atoms with Crippen LogP contribution < -0.4 is 4.74 Å². The molecule has 6 heteroatoms.